The monoisotopic (exact) mass is 362 g/mol. The molecule has 1 aliphatic heterocycles. The summed E-state index contributed by atoms with van der Waals surface area (Å²) < 4.78 is 9.91. The van der Waals surface area contributed by atoms with Gasteiger partial charge in [-0.05, 0) is 18.9 Å². The minimum Gasteiger partial charge on any atom is -0.450 e. The largest absolute Gasteiger partial charge is 0.450 e. The third-order valence-electron chi connectivity index (χ3n) is 3.89. The Morgan fingerprint density at radius 3 is 2.96 bits per heavy atom. The molecule has 3 rings (SSSR count). The van der Waals surface area contributed by atoms with Crippen molar-refractivity contribution in [3.8, 4) is 6.01 Å². The van der Waals surface area contributed by atoms with E-state index >= 15 is 0 Å². The van der Waals surface area contributed by atoms with Crippen LogP contribution in [0, 0.1) is 0 Å². The Morgan fingerprint density at radius 2 is 2.23 bits per heavy atom. The summed E-state index contributed by atoms with van der Waals surface area (Å²) in [5.41, 5.74) is -0.0304. The highest BCUT2D eigenvalue weighted by Crippen LogP contribution is 2.14. The molecule has 1 fully saturated rings. The molecule has 1 saturated heterocycles. The van der Waals surface area contributed by atoms with Gasteiger partial charge >= 0.3 is 17.7 Å². The average molecular weight is 362 g/mol. The number of likely N-dealkylation sites (tertiary alicyclic amines) is 1. The van der Waals surface area contributed by atoms with Crippen LogP contribution in [0.1, 0.15) is 25.8 Å². The number of carbonyl (C=O) groups excluding carboxylic acids is 1. The van der Waals surface area contributed by atoms with E-state index in [9.17, 15) is 14.4 Å². The zero-order valence-corrected chi connectivity index (χ0v) is 14.4. The van der Waals surface area contributed by atoms with Crippen LogP contribution in [-0.2, 0) is 11.2 Å². The Morgan fingerprint density at radius 1 is 1.42 bits per heavy atom. The molecule has 0 aliphatic carbocycles. The second kappa shape index (κ2) is 7.38. The van der Waals surface area contributed by atoms with Crippen molar-refractivity contribution in [2.45, 2.75) is 26.7 Å². The van der Waals surface area contributed by atoms with Crippen molar-refractivity contribution in [1.82, 2.24) is 14.9 Å². The molecule has 1 amide bonds. The fourth-order valence-corrected chi connectivity index (χ4v) is 2.65. The van der Waals surface area contributed by atoms with Crippen LogP contribution in [0.3, 0.4) is 0 Å². The number of carbonyl (C=O) groups is 1. The maximum Gasteiger partial charge on any atom is 0.410 e. The smallest absolute Gasteiger partial charge is 0.410 e. The number of aryl methyl sites for hydroxylation is 1. The SMILES string of the molecule is CCOC(=O)N1CC/C(=N\Oc2nc3oc(=O)cc(CC)c3c(=O)[nH]2)C1. The molecule has 138 valence electrons. The third-order valence-corrected chi connectivity index (χ3v) is 3.89. The van der Waals surface area contributed by atoms with Gasteiger partial charge in [-0.25, -0.2) is 9.59 Å². The summed E-state index contributed by atoms with van der Waals surface area (Å²) in [4.78, 5) is 48.6. The highest BCUT2D eigenvalue weighted by molar-refractivity contribution is 5.91. The first-order chi connectivity index (χ1) is 12.5. The van der Waals surface area contributed by atoms with Crippen LogP contribution < -0.4 is 16.0 Å². The van der Waals surface area contributed by atoms with Crippen molar-refractivity contribution < 1.29 is 18.8 Å². The van der Waals surface area contributed by atoms with E-state index in [0.29, 0.717) is 37.3 Å². The molecule has 3 heterocycles. The molecule has 2 aromatic rings. The molecule has 0 bridgehead atoms. The maximum atomic E-state index is 12.2. The molecule has 0 atom stereocenters. The van der Waals surface area contributed by atoms with Gasteiger partial charge in [0.15, 0.2) is 0 Å². The Labute approximate surface area is 147 Å². The predicted octanol–water partition coefficient (Wildman–Crippen LogP) is 1.04. The number of hydrogen-bond acceptors (Lipinski definition) is 8. The van der Waals surface area contributed by atoms with Crippen LogP contribution >= 0.6 is 0 Å². The van der Waals surface area contributed by atoms with Crippen molar-refractivity contribution >= 4 is 22.9 Å². The summed E-state index contributed by atoms with van der Waals surface area (Å²) in [6, 6.07) is 1.07. The van der Waals surface area contributed by atoms with Gasteiger partial charge in [-0.15, -0.1) is 0 Å². The first kappa shape index (κ1) is 17.6. The van der Waals surface area contributed by atoms with Gasteiger partial charge in [0.05, 0.1) is 18.9 Å². The number of rotatable bonds is 4. The number of fused-ring (bicyclic) bond motifs is 1. The third kappa shape index (κ3) is 3.58. The number of oxime groups is 1. The zero-order chi connectivity index (χ0) is 18.7. The molecule has 0 radical (unpaired) electrons. The number of amides is 1. The molecule has 10 nitrogen and oxygen atoms in total. The fraction of sp³-hybridized carbons (Fsp3) is 0.438. The lowest BCUT2D eigenvalue weighted by molar-refractivity contribution is 0.117. The van der Waals surface area contributed by atoms with Crippen LogP contribution in [0.25, 0.3) is 11.1 Å². The van der Waals surface area contributed by atoms with Gasteiger partial charge in [0.2, 0.25) is 5.71 Å². The predicted molar refractivity (Wildman–Crippen MR) is 91.6 cm³/mol. The fourth-order valence-electron chi connectivity index (χ4n) is 2.65. The number of aromatic nitrogens is 2. The standard InChI is InChI=1S/C16H18N4O6/c1-3-9-7-11(21)25-14-12(9)13(22)17-15(18-14)26-19-10-5-6-20(8-10)16(23)24-4-2/h7H,3-6,8H2,1-2H3,(H,17,18,22)/b19-10+. The van der Waals surface area contributed by atoms with Gasteiger partial charge < -0.3 is 18.9 Å². The van der Waals surface area contributed by atoms with Crippen LogP contribution in [0.5, 0.6) is 6.01 Å². The van der Waals surface area contributed by atoms with Crippen LogP contribution in [-0.4, -0.2) is 46.4 Å². The summed E-state index contributed by atoms with van der Waals surface area (Å²) in [5.74, 6) is 0. The minimum absolute atomic E-state index is 0.104. The first-order valence-electron chi connectivity index (χ1n) is 8.23. The maximum absolute atomic E-state index is 12.2. The summed E-state index contributed by atoms with van der Waals surface area (Å²) >= 11 is 0. The van der Waals surface area contributed by atoms with Gasteiger partial charge in [0.25, 0.3) is 5.56 Å². The number of hydrogen-bond donors (Lipinski definition) is 1. The second-order valence-corrected chi connectivity index (χ2v) is 5.61. The molecule has 26 heavy (non-hydrogen) atoms. The molecule has 2 aromatic heterocycles. The molecular weight excluding hydrogens is 344 g/mol. The second-order valence-electron chi connectivity index (χ2n) is 5.61. The van der Waals surface area contributed by atoms with E-state index in [1.807, 2.05) is 6.92 Å². The summed E-state index contributed by atoms with van der Waals surface area (Å²) in [5, 5.41) is 4.12. The van der Waals surface area contributed by atoms with E-state index in [1.54, 1.807) is 6.92 Å². The summed E-state index contributed by atoms with van der Waals surface area (Å²) in [6.07, 6.45) is 0.592. The molecular formula is C16H18N4O6. The van der Waals surface area contributed by atoms with Gasteiger partial charge in [-0.2, -0.15) is 4.98 Å². The Kier molecular flexibility index (Phi) is 5.01. The van der Waals surface area contributed by atoms with Gasteiger partial charge in [0.1, 0.15) is 5.39 Å². The molecule has 0 unspecified atom stereocenters. The normalized spacial score (nSPS) is 15.6. The van der Waals surface area contributed by atoms with E-state index in [-0.39, 0.29) is 23.7 Å². The van der Waals surface area contributed by atoms with Crippen molar-refractivity contribution in [2.24, 2.45) is 5.16 Å². The number of nitrogens with zero attached hydrogens (tertiary/aromatic N) is 3. The topological polar surface area (TPSA) is 127 Å². The van der Waals surface area contributed by atoms with E-state index in [1.165, 1.54) is 11.0 Å². The van der Waals surface area contributed by atoms with Gasteiger partial charge in [0, 0.05) is 19.0 Å². The lowest BCUT2D eigenvalue weighted by Gasteiger charge is -2.13. The Balaban J connectivity index is 1.81. The van der Waals surface area contributed by atoms with E-state index in [4.69, 9.17) is 14.0 Å². The van der Waals surface area contributed by atoms with Crippen LogP contribution in [0.15, 0.2) is 25.2 Å². The van der Waals surface area contributed by atoms with Crippen molar-refractivity contribution in [3.05, 3.63) is 32.4 Å². The Hall–Kier alpha value is -3.17. The van der Waals surface area contributed by atoms with Crippen molar-refractivity contribution in [2.75, 3.05) is 19.7 Å². The minimum atomic E-state index is -0.592. The molecule has 10 heteroatoms. The highest BCUT2D eigenvalue weighted by Gasteiger charge is 2.24. The quantitative estimate of drug-likeness (QED) is 0.805. The lowest BCUT2D eigenvalue weighted by Crippen LogP contribution is -2.29. The molecule has 0 saturated carbocycles. The van der Waals surface area contributed by atoms with E-state index in [2.05, 4.69) is 15.1 Å². The molecule has 1 aliphatic rings. The average Bonchev–Trinajstić information content (AvgIpc) is 3.08. The van der Waals surface area contributed by atoms with Gasteiger partial charge in [-0.1, -0.05) is 12.1 Å². The summed E-state index contributed by atoms with van der Waals surface area (Å²) in [7, 11) is 0. The van der Waals surface area contributed by atoms with Crippen molar-refractivity contribution in [1.29, 1.82) is 0 Å². The van der Waals surface area contributed by atoms with Gasteiger partial charge in [-0.3, -0.25) is 9.78 Å². The van der Waals surface area contributed by atoms with E-state index in [0.717, 1.165) is 0 Å². The number of aromatic amines is 1. The lowest BCUT2D eigenvalue weighted by atomic mass is 10.1. The molecule has 0 aromatic carbocycles. The van der Waals surface area contributed by atoms with Crippen LogP contribution in [0.4, 0.5) is 4.79 Å². The van der Waals surface area contributed by atoms with Crippen molar-refractivity contribution in [3.63, 3.8) is 0 Å². The number of H-pyrrole nitrogens is 1. The number of ether oxygens (including phenoxy) is 1. The molecule has 1 N–H and O–H groups in total. The van der Waals surface area contributed by atoms with Crippen LogP contribution in [0.2, 0.25) is 0 Å². The first-order valence-corrected chi connectivity index (χ1v) is 8.23. The zero-order valence-electron chi connectivity index (χ0n) is 14.4. The number of nitrogens with one attached hydrogen (secondary N) is 1. The molecule has 0 spiro atoms. The highest BCUT2D eigenvalue weighted by atomic mass is 16.6. The Bertz CT molecular complexity index is 977. The summed E-state index contributed by atoms with van der Waals surface area (Å²) in [6.45, 7) is 4.59. The van der Waals surface area contributed by atoms with E-state index < -0.39 is 17.3 Å².